The molecule has 1 N–H and O–H groups in total. The van der Waals surface area contributed by atoms with Crippen LogP contribution >= 0.6 is 0 Å². The molecule has 3 heteroatoms. The van der Waals surface area contributed by atoms with E-state index in [9.17, 15) is 14.3 Å². The van der Waals surface area contributed by atoms with E-state index in [-0.39, 0.29) is 23.8 Å². The van der Waals surface area contributed by atoms with Crippen molar-refractivity contribution in [2.24, 2.45) is 0 Å². The predicted molar refractivity (Wildman–Crippen MR) is 67.9 cm³/mol. The summed E-state index contributed by atoms with van der Waals surface area (Å²) in [5.41, 5.74) is 1.88. The van der Waals surface area contributed by atoms with Gasteiger partial charge in [0.2, 0.25) is 0 Å². The van der Waals surface area contributed by atoms with Crippen LogP contribution in [0.2, 0.25) is 0 Å². The minimum absolute atomic E-state index is 0.0471. The zero-order valence-corrected chi connectivity index (χ0v) is 9.98. The van der Waals surface area contributed by atoms with Crippen molar-refractivity contribution in [2.75, 3.05) is 0 Å². The Morgan fingerprint density at radius 2 is 1.94 bits per heavy atom. The van der Waals surface area contributed by atoms with E-state index >= 15 is 0 Å². The molecule has 92 valence electrons. The number of hydrogen-bond acceptors (Lipinski definition) is 2. The Hall–Kier alpha value is -2.16. The lowest BCUT2D eigenvalue weighted by atomic mass is 9.95. The zero-order chi connectivity index (χ0) is 13.1. The smallest absolute Gasteiger partial charge is 0.134 e. The van der Waals surface area contributed by atoms with Crippen molar-refractivity contribution in [1.82, 2.24) is 0 Å². The van der Waals surface area contributed by atoms with Gasteiger partial charge in [0.15, 0.2) is 0 Å². The number of carbonyl (C=O) groups is 1. The first-order chi connectivity index (χ1) is 8.58. The van der Waals surface area contributed by atoms with Crippen molar-refractivity contribution in [2.45, 2.75) is 13.3 Å². The summed E-state index contributed by atoms with van der Waals surface area (Å²) < 4.78 is 13.2. The van der Waals surface area contributed by atoms with Gasteiger partial charge in [-0.3, -0.25) is 4.79 Å². The highest BCUT2D eigenvalue weighted by Gasteiger charge is 2.11. The molecule has 0 bridgehead atoms. The number of ketones is 1. The van der Waals surface area contributed by atoms with E-state index in [1.807, 2.05) is 0 Å². The molecular weight excluding hydrogens is 231 g/mol. The molecule has 2 nitrogen and oxygen atoms in total. The van der Waals surface area contributed by atoms with E-state index in [0.717, 1.165) is 0 Å². The average Bonchev–Trinajstić information content (AvgIpc) is 2.31. The van der Waals surface area contributed by atoms with Gasteiger partial charge in [0.05, 0.1) is 0 Å². The number of aromatic hydroxyl groups is 1. The van der Waals surface area contributed by atoms with Crippen molar-refractivity contribution in [3.05, 3.63) is 53.8 Å². The van der Waals surface area contributed by atoms with E-state index in [1.54, 1.807) is 24.3 Å². The molecule has 0 unspecified atom stereocenters. The second kappa shape index (κ2) is 5.00. The number of Topliss-reactive ketones (excluding diaryl/α,β-unsaturated/α-hetero) is 1. The van der Waals surface area contributed by atoms with Crippen LogP contribution in [0.4, 0.5) is 4.39 Å². The quantitative estimate of drug-likeness (QED) is 0.899. The Kier molecular flexibility index (Phi) is 3.42. The van der Waals surface area contributed by atoms with Crippen LogP contribution in [0.3, 0.4) is 0 Å². The van der Waals surface area contributed by atoms with Gasteiger partial charge in [-0.25, -0.2) is 4.39 Å². The fourth-order valence-electron chi connectivity index (χ4n) is 1.94. The van der Waals surface area contributed by atoms with Crippen LogP contribution in [0, 0.1) is 5.82 Å². The van der Waals surface area contributed by atoms with Crippen LogP contribution in [-0.4, -0.2) is 10.9 Å². The van der Waals surface area contributed by atoms with Gasteiger partial charge < -0.3 is 5.11 Å². The SMILES string of the molecule is CC(=O)Cc1c(O)cccc1-c1cccc(F)c1. The molecule has 0 spiro atoms. The van der Waals surface area contributed by atoms with Crippen LogP contribution in [0.5, 0.6) is 5.75 Å². The van der Waals surface area contributed by atoms with Crippen molar-refractivity contribution in [3.8, 4) is 16.9 Å². The number of phenolic OH excluding ortho intramolecular Hbond substituents is 1. The molecule has 0 radical (unpaired) electrons. The molecule has 0 aliphatic heterocycles. The molecule has 0 saturated heterocycles. The molecule has 0 heterocycles. The average molecular weight is 244 g/mol. The van der Waals surface area contributed by atoms with Crippen LogP contribution in [0.1, 0.15) is 12.5 Å². The number of phenols is 1. The van der Waals surface area contributed by atoms with Crippen LogP contribution in [0.25, 0.3) is 11.1 Å². The summed E-state index contributed by atoms with van der Waals surface area (Å²) in [6.45, 7) is 1.46. The third-order valence-electron chi connectivity index (χ3n) is 2.71. The Bertz CT molecular complexity index is 591. The molecule has 0 aliphatic carbocycles. The Morgan fingerprint density at radius 3 is 2.61 bits per heavy atom. The molecule has 0 atom stereocenters. The maximum Gasteiger partial charge on any atom is 0.134 e. The first kappa shape index (κ1) is 12.3. The number of rotatable bonds is 3. The summed E-state index contributed by atoms with van der Waals surface area (Å²) in [7, 11) is 0. The second-order valence-corrected chi connectivity index (χ2v) is 4.19. The topological polar surface area (TPSA) is 37.3 Å². The fourth-order valence-corrected chi connectivity index (χ4v) is 1.94. The number of benzene rings is 2. The molecule has 0 fully saturated rings. The summed E-state index contributed by atoms with van der Waals surface area (Å²) >= 11 is 0. The first-order valence-electron chi connectivity index (χ1n) is 5.64. The highest BCUT2D eigenvalue weighted by molar-refractivity contribution is 5.83. The monoisotopic (exact) mass is 244 g/mol. The third-order valence-corrected chi connectivity index (χ3v) is 2.71. The van der Waals surface area contributed by atoms with Crippen molar-refractivity contribution in [1.29, 1.82) is 0 Å². The van der Waals surface area contributed by atoms with Gasteiger partial charge in [0, 0.05) is 12.0 Å². The van der Waals surface area contributed by atoms with Crippen LogP contribution in [-0.2, 0) is 11.2 Å². The molecule has 0 amide bonds. The zero-order valence-electron chi connectivity index (χ0n) is 9.98. The van der Waals surface area contributed by atoms with Crippen LogP contribution in [0.15, 0.2) is 42.5 Å². The van der Waals surface area contributed by atoms with Crippen molar-refractivity contribution in [3.63, 3.8) is 0 Å². The molecule has 18 heavy (non-hydrogen) atoms. The molecule has 2 aromatic rings. The van der Waals surface area contributed by atoms with Gasteiger partial charge >= 0.3 is 0 Å². The minimum atomic E-state index is -0.343. The second-order valence-electron chi connectivity index (χ2n) is 4.19. The number of carbonyl (C=O) groups excluding carboxylic acids is 1. The first-order valence-corrected chi connectivity index (χ1v) is 5.64. The molecule has 0 aliphatic rings. The van der Waals surface area contributed by atoms with E-state index in [0.29, 0.717) is 16.7 Å². The van der Waals surface area contributed by atoms with E-state index < -0.39 is 0 Å². The molecule has 2 rings (SSSR count). The fraction of sp³-hybridized carbons (Fsp3) is 0.133. The molecule has 0 aromatic heterocycles. The van der Waals surface area contributed by atoms with Gasteiger partial charge in [-0.2, -0.15) is 0 Å². The number of hydrogen-bond donors (Lipinski definition) is 1. The van der Waals surface area contributed by atoms with Gasteiger partial charge in [-0.1, -0.05) is 24.3 Å². The minimum Gasteiger partial charge on any atom is -0.508 e. The predicted octanol–water partition coefficient (Wildman–Crippen LogP) is 3.33. The van der Waals surface area contributed by atoms with Crippen LogP contribution < -0.4 is 0 Å². The standard InChI is InChI=1S/C15H13FO2/c1-10(17)8-14-13(6-3-7-15(14)18)11-4-2-5-12(16)9-11/h2-7,9,18H,8H2,1H3. The number of halogens is 1. The Balaban J connectivity index is 2.56. The summed E-state index contributed by atoms with van der Waals surface area (Å²) in [4.78, 5) is 11.2. The van der Waals surface area contributed by atoms with E-state index in [1.165, 1.54) is 25.1 Å². The molecule has 2 aromatic carbocycles. The highest BCUT2D eigenvalue weighted by Crippen LogP contribution is 2.30. The lowest BCUT2D eigenvalue weighted by Crippen LogP contribution is -1.99. The normalized spacial score (nSPS) is 10.3. The lowest BCUT2D eigenvalue weighted by Gasteiger charge is -2.10. The van der Waals surface area contributed by atoms with Crippen molar-refractivity contribution >= 4 is 5.78 Å². The lowest BCUT2D eigenvalue weighted by molar-refractivity contribution is -0.116. The Labute approximate surface area is 105 Å². The Morgan fingerprint density at radius 1 is 1.22 bits per heavy atom. The third kappa shape index (κ3) is 2.56. The molecule has 0 saturated carbocycles. The van der Waals surface area contributed by atoms with Crippen molar-refractivity contribution < 1.29 is 14.3 Å². The van der Waals surface area contributed by atoms with Gasteiger partial charge in [-0.05, 0) is 36.2 Å². The van der Waals surface area contributed by atoms with E-state index in [4.69, 9.17) is 0 Å². The van der Waals surface area contributed by atoms with Gasteiger partial charge in [0.1, 0.15) is 17.3 Å². The van der Waals surface area contributed by atoms with Gasteiger partial charge in [-0.15, -0.1) is 0 Å². The largest absolute Gasteiger partial charge is 0.508 e. The summed E-state index contributed by atoms with van der Waals surface area (Å²) in [5.74, 6) is -0.328. The maximum absolute atomic E-state index is 13.2. The summed E-state index contributed by atoms with van der Waals surface area (Å²) in [6, 6.07) is 11.1. The van der Waals surface area contributed by atoms with E-state index in [2.05, 4.69) is 0 Å². The molecular formula is C15H13FO2. The highest BCUT2D eigenvalue weighted by atomic mass is 19.1. The summed E-state index contributed by atoms with van der Waals surface area (Å²) in [6.07, 6.45) is 0.137. The summed E-state index contributed by atoms with van der Waals surface area (Å²) in [5, 5.41) is 9.82. The van der Waals surface area contributed by atoms with Gasteiger partial charge in [0.25, 0.3) is 0 Å². The maximum atomic E-state index is 13.2.